The Balaban J connectivity index is 1.51. The molecule has 0 saturated heterocycles. The molecule has 4 fully saturated rings. The molecule has 4 saturated carbocycles. The van der Waals surface area contributed by atoms with Crippen LogP contribution < -0.4 is 0 Å². The van der Waals surface area contributed by atoms with E-state index in [2.05, 4.69) is 39.8 Å². The van der Waals surface area contributed by atoms with Crippen molar-refractivity contribution in [1.82, 2.24) is 0 Å². The fraction of sp³-hybridized carbons (Fsp3) is 0.926. The van der Waals surface area contributed by atoms with Gasteiger partial charge in [-0.2, -0.15) is 0 Å². The number of fused-ring (bicyclic) bond motifs is 5. The van der Waals surface area contributed by atoms with Crippen LogP contribution in [0.3, 0.4) is 0 Å². The summed E-state index contributed by atoms with van der Waals surface area (Å²) in [4.78, 5) is 13.3. The number of carbonyl (C=O) groups is 1. The second kappa shape index (κ2) is 8.24. The number of nitrogens with zero attached hydrogens (tertiary/aromatic N) is 1. The minimum Gasteiger partial charge on any atom is -0.411 e. The summed E-state index contributed by atoms with van der Waals surface area (Å²) in [5.41, 5.74) is 1.41. The predicted molar refractivity (Wildman–Crippen MR) is 123 cm³/mol. The Labute approximate surface area is 184 Å². The molecular weight excluding hydrogens is 370 g/mol. The highest BCUT2D eigenvalue weighted by molar-refractivity contribution is 5.93. The molecule has 4 aliphatic rings. The van der Waals surface area contributed by atoms with E-state index in [4.69, 9.17) is 0 Å². The van der Waals surface area contributed by atoms with E-state index in [9.17, 15) is 10.0 Å². The van der Waals surface area contributed by atoms with Crippen molar-refractivity contribution >= 4 is 11.5 Å². The molecule has 0 bridgehead atoms. The summed E-state index contributed by atoms with van der Waals surface area (Å²) in [5.74, 6) is 5.06. The highest BCUT2D eigenvalue weighted by Gasteiger charge is 2.62. The van der Waals surface area contributed by atoms with Crippen LogP contribution in [-0.2, 0) is 4.79 Å². The Hall–Kier alpha value is -0.860. The molecule has 170 valence electrons. The third-order valence-electron chi connectivity index (χ3n) is 10.6. The zero-order chi connectivity index (χ0) is 21.7. The van der Waals surface area contributed by atoms with Crippen LogP contribution in [0.25, 0.3) is 0 Å². The third kappa shape index (κ3) is 3.56. The first kappa shape index (κ1) is 22.3. The lowest BCUT2D eigenvalue weighted by Crippen LogP contribution is -2.56. The van der Waals surface area contributed by atoms with Crippen LogP contribution in [0.5, 0.6) is 0 Å². The maximum Gasteiger partial charge on any atom is 0.137 e. The van der Waals surface area contributed by atoms with Gasteiger partial charge in [0.1, 0.15) is 5.78 Å². The number of rotatable bonds is 5. The quantitative estimate of drug-likeness (QED) is 0.384. The molecule has 4 rings (SSSR count). The first-order chi connectivity index (χ1) is 14.2. The van der Waals surface area contributed by atoms with Crippen molar-refractivity contribution in [2.75, 3.05) is 0 Å². The van der Waals surface area contributed by atoms with Crippen LogP contribution in [-0.4, -0.2) is 16.7 Å². The fourth-order valence-electron chi connectivity index (χ4n) is 8.97. The van der Waals surface area contributed by atoms with Gasteiger partial charge in [0.05, 0.1) is 5.71 Å². The second-order valence-corrected chi connectivity index (χ2v) is 12.5. The molecule has 3 nitrogen and oxygen atoms in total. The van der Waals surface area contributed by atoms with Crippen LogP contribution in [0.2, 0.25) is 0 Å². The van der Waals surface area contributed by atoms with Gasteiger partial charge in [-0.3, -0.25) is 4.79 Å². The normalized spacial score (nSPS) is 45.9. The largest absolute Gasteiger partial charge is 0.411 e. The van der Waals surface area contributed by atoms with E-state index in [0.717, 1.165) is 48.6 Å². The Bertz CT molecular complexity index is 684. The van der Waals surface area contributed by atoms with Crippen molar-refractivity contribution in [3.63, 3.8) is 0 Å². The Morgan fingerprint density at radius 3 is 2.43 bits per heavy atom. The van der Waals surface area contributed by atoms with Crippen molar-refractivity contribution in [3.8, 4) is 0 Å². The van der Waals surface area contributed by atoms with Crippen LogP contribution in [0.15, 0.2) is 5.16 Å². The molecule has 0 aromatic carbocycles. The molecule has 0 amide bonds. The fourth-order valence-corrected chi connectivity index (χ4v) is 8.97. The smallest absolute Gasteiger partial charge is 0.137 e. The Morgan fingerprint density at radius 2 is 1.73 bits per heavy atom. The predicted octanol–water partition coefficient (Wildman–Crippen LogP) is 7.12. The van der Waals surface area contributed by atoms with Crippen molar-refractivity contribution in [2.24, 2.45) is 57.4 Å². The summed E-state index contributed by atoms with van der Waals surface area (Å²) in [5, 5.41) is 12.8. The van der Waals surface area contributed by atoms with E-state index in [1.54, 1.807) is 0 Å². The van der Waals surface area contributed by atoms with Crippen LogP contribution in [0.4, 0.5) is 0 Å². The van der Waals surface area contributed by atoms with Crippen molar-refractivity contribution < 1.29 is 10.0 Å². The molecule has 0 aliphatic heterocycles. The number of oxime groups is 1. The van der Waals surface area contributed by atoms with Crippen LogP contribution >= 0.6 is 0 Å². The molecule has 3 heteroatoms. The maximum absolute atomic E-state index is 13.3. The molecule has 0 spiro atoms. The van der Waals surface area contributed by atoms with Gasteiger partial charge in [0.25, 0.3) is 0 Å². The second-order valence-electron chi connectivity index (χ2n) is 12.5. The molecule has 1 unspecified atom stereocenters. The SMILES string of the molecule is CC(C)CCC[C@@H](C)[C@H]1CC[C@H]2[C@@H]3CC(=O)C4C/C(=N\O)CC[C@]4(C)[C@H]3CC[C@]12C. The van der Waals surface area contributed by atoms with E-state index in [1.807, 2.05) is 0 Å². The third-order valence-corrected chi connectivity index (χ3v) is 10.6. The molecule has 0 aromatic heterocycles. The summed E-state index contributed by atoms with van der Waals surface area (Å²) < 4.78 is 0. The van der Waals surface area contributed by atoms with Crippen LogP contribution in [0, 0.1) is 52.3 Å². The van der Waals surface area contributed by atoms with Gasteiger partial charge in [-0.25, -0.2) is 0 Å². The van der Waals surface area contributed by atoms with Gasteiger partial charge in [-0.1, -0.05) is 59.0 Å². The first-order valence-electron chi connectivity index (χ1n) is 12.9. The number of hydrogen-bond donors (Lipinski definition) is 1. The molecule has 0 heterocycles. The molecular formula is C27H45NO2. The van der Waals surface area contributed by atoms with Gasteiger partial charge in [0.15, 0.2) is 0 Å². The maximum atomic E-state index is 13.3. The highest BCUT2D eigenvalue weighted by atomic mass is 16.4. The summed E-state index contributed by atoms with van der Waals surface area (Å²) in [6.45, 7) is 12.2. The first-order valence-corrected chi connectivity index (χ1v) is 12.9. The van der Waals surface area contributed by atoms with E-state index in [0.29, 0.717) is 29.5 Å². The molecule has 1 N–H and O–H groups in total. The van der Waals surface area contributed by atoms with E-state index < -0.39 is 0 Å². The topological polar surface area (TPSA) is 49.7 Å². The molecule has 0 radical (unpaired) electrons. The summed E-state index contributed by atoms with van der Waals surface area (Å²) in [6, 6.07) is 0. The van der Waals surface area contributed by atoms with Gasteiger partial charge in [0, 0.05) is 12.3 Å². The van der Waals surface area contributed by atoms with Gasteiger partial charge < -0.3 is 5.21 Å². The minimum absolute atomic E-state index is 0.0925. The van der Waals surface area contributed by atoms with E-state index in [-0.39, 0.29) is 11.3 Å². The van der Waals surface area contributed by atoms with E-state index in [1.165, 1.54) is 44.9 Å². The minimum atomic E-state index is 0.0925. The lowest BCUT2D eigenvalue weighted by Gasteiger charge is -2.60. The summed E-state index contributed by atoms with van der Waals surface area (Å²) in [7, 11) is 0. The molecule has 8 atom stereocenters. The Kier molecular flexibility index (Phi) is 6.14. The molecule has 4 aliphatic carbocycles. The lowest BCUT2D eigenvalue weighted by molar-refractivity contribution is -0.150. The summed E-state index contributed by atoms with van der Waals surface area (Å²) >= 11 is 0. The van der Waals surface area contributed by atoms with Gasteiger partial charge in [-0.15, -0.1) is 0 Å². The standard InChI is InChI=1S/C27H45NO2/c1-17(2)7-6-8-18(3)21-9-10-22-20-16-25(29)24-15-19(28-30)11-13-27(24,5)23(20)12-14-26(21,22)4/h17-18,20-24,30H,6-16H2,1-5H3/b28-19-/t18-,20+,21-,22+,23+,24?,26-,27-/m1/s1. The van der Waals surface area contributed by atoms with Gasteiger partial charge in [-0.05, 0) is 91.3 Å². The molecule has 0 aromatic rings. The lowest BCUT2D eigenvalue weighted by atomic mass is 9.44. The molecule has 30 heavy (non-hydrogen) atoms. The van der Waals surface area contributed by atoms with Crippen LogP contribution in [0.1, 0.15) is 105 Å². The van der Waals surface area contributed by atoms with Gasteiger partial charge >= 0.3 is 0 Å². The van der Waals surface area contributed by atoms with E-state index >= 15 is 0 Å². The van der Waals surface area contributed by atoms with Crippen molar-refractivity contribution in [2.45, 2.75) is 105 Å². The number of carbonyl (C=O) groups excluding carboxylic acids is 1. The van der Waals surface area contributed by atoms with Crippen molar-refractivity contribution in [1.29, 1.82) is 0 Å². The Morgan fingerprint density at radius 1 is 1.00 bits per heavy atom. The average Bonchev–Trinajstić information content (AvgIpc) is 3.05. The number of hydrogen-bond acceptors (Lipinski definition) is 3. The van der Waals surface area contributed by atoms with Crippen molar-refractivity contribution in [3.05, 3.63) is 0 Å². The number of Topliss-reactive ketones (excluding diaryl/α,β-unsaturated/α-hetero) is 1. The zero-order valence-corrected chi connectivity index (χ0v) is 20.1. The summed E-state index contributed by atoms with van der Waals surface area (Å²) in [6.07, 6.45) is 12.9. The zero-order valence-electron chi connectivity index (χ0n) is 20.1. The number of ketones is 1. The van der Waals surface area contributed by atoms with Gasteiger partial charge in [0.2, 0.25) is 0 Å². The average molecular weight is 416 g/mol. The monoisotopic (exact) mass is 415 g/mol. The highest BCUT2D eigenvalue weighted by Crippen LogP contribution is 2.67.